The normalized spacial score (nSPS) is 10.8. The molecular weight excluding hydrogens is 262 g/mol. The Balaban J connectivity index is 2.12. The highest BCUT2D eigenvalue weighted by atomic mass is 32.2. The van der Waals surface area contributed by atoms with Crippen molar-refractivity contribution >= 4 is 28.2 Å². The first-order chi connectivity index (χ1) is 8.06. The summed E-state index contributed by atoms with van der Waals surface area (Å²) in [5.74, 6) is -0.455. The molecule has 0 radical (unpaired) electrons. The fourth-order valence-corrected chi connectivity index (χ4v) is 3.33. The molecule has 0 aliphatic carbocycles. The van der Waals surface area contributed by atoms with Gasteiger partial charge in [-0.25, -0.2) is 13.8 Å². The minimum atomic E-state index is -0.428. The Kier molecular flexibility index (Phi) is 3.63. The maximum absolute atomic E-state index is 13.4. The molecule has 6 heteroatoms. The van der Waals surface area contributed by atoms with Gasteiger partial charge in [0.15, 0.2) is 5.13 Å². The van der Waals surface area contributed by atoms with Crippen LogP contribution in [-0.2, 0) is 5.75 Å². The van der Waals surface area contributed by atoms with Crippen LogP contribution in [0.15, 0.2) is 22.4 Å². The second-order valence-corrected chi connectivity index (χ2v) is 5.72. The van der Waals surface area contributed by atoms with Crippen molar-refractivity contribution in [3.05, 3.63) is 41.1 Å². The highest BCUT2D eigenvalue weighted by molar-refractivity contribution is 8.00. The van der Waals surface area contributed by atoms with E-state index >= 15 is 0 Å². The van der Waals surface area contributed by atoms with Crippen molar-refractivity contribution in [3.63, 3.8) is 0 Å². The quantitative estimate of drug-likeness (QED) is 0.868. The molecule has 0 spiro atoms. The molecule has 2 rings (SSSR count). The molecule has 1 aromatic carbocycles. The van der Waals surface area contributed by atoms with Crippen molar-refractivity contribution in [1.82, 2.24) is 4.98 Å². The molecule has 0 aliphatic heterocycles. The molecule has 0 atom stereocenters. The highest BCUT2D eigenvalue weighted by Gasteiger charge is 2.09. The van der Waals surface area contributed by atoms with Crippen LogP contribution >= 0.6 is 23.1 Å². The third kappa shape index (κ3) is 2.95. The molecule has 2 aromatic rings. The summed E-state index contributed by atoms with van der Waals surface area (Å²) < 4.78 is 27.2. The zero-order valence-electron chi connectivity index (χ0n) is 9.04. The van der Waals surface area contributed by atoms with E-state index in [-0.39, 0.29) is 0 Å². The molecule has 0 aliphatic rings. The molecule has 90 valence electrons. The van der Waals surface area contributed by atoms with E-state index in [1.807, 2.05) is 6.92 Å². The summed E-state index contributed by atoms with van der Waals surface area (Å²) in [5.41, 5.74) is 6.74. The van der Waals surface area contributed by atoms with E-state index in [0.29, 0.717) is 16.4 Å². The lowest BCUT2D eigenvalue weighted by molar-refractivity contribution is 0.591. The van der Waals surface area contributed by atoms with Gasteiger partial charge in [-0.3, -0.25) is 0 Å². The van der Waals surface area contributed by atoms with Gasteiger partial charge in [0.25, 0.3) is 0 Å². The summed E-state index contributed by atoms with van der Waals surface area (Å²) >= 11 is 2.77. The van der Waals surface area contributed by atoms with Gasteiger partial charge in [0.05, 0.1) is 9.90 Å². The molecule has 1 heterocycles. The Morgan fingerprint density at radius 3 is 2.82 bits per heavy atom. The fraction of sp³-hybridized carbons (Fsp3) is 0.182. The number of hydrogen-bond acceptors (Lipinski definition) is 4. The van der Waals surface area contributed by atoms with Crippen molar-refractivity contribution in [3.8, 4) is 0 Å². The maximum atomic E-state index is 13.4. The lowest BCUT2D eigenvalue weighted by Crippen LogP contribution is -1.89. The average molecular weight is 272 g/mol. The monoisotopic (exact) mass is 272 g/mol. The van der Waals surface area contributed by atoms with Crippen molar-refractivity contribution in [1.29, 1.82) is 0 Å². The first-order valence-electron chi connectivity index (χ1n) is 4.86. The lowest BCUT2D eigenvalue weighted by Gasteiger charge is -2.02. The Bertz CT molecular complexity index is 540. The van der Waals surface area contributed by atoms with Gasteiger partial charge in [-0.1, -0.05) is 11.3 Å². The number of nitrogens with zero attached hydrogens (tertiary/aromatic N) is 1. The number of thiazole rings is 1. The second-order valence-electron chi connectivity index (χ2n) is 3.45. The Labute approximate surface area is 106 Å². The highest BCUT2D eigenvalue weighted by Crippen LogP contribution is 2.33. The van der Waals surface area contributed by atoms with E-state index in [0.717, 1.165) is 22.0 Å². The topological polar surface area (TPSA) is 38.9 Å². The number of aryl methyl sites for hydroxylation is 1. The van der Waals surface area contributed by atoms with E-state index in [4.69, 9.17) is 5.73 Å². The predicted octanol–water partition coefficient (Wildman–Crippen LogP) is 3.60. The van der Waals surface area contributed by atoms with Gasteiger partial charge < -0.3 is 5.73 Å². The molecule has 0 saturated carbocycles. The molecule has 17 heavy (non-hydrogen) atoms. The Morgan fingerprint density at radius 1 is 1.41 bits per heavy atom. The number of rotatable bonds is 3. The van der Waals surface area contributed by atoms with E-state index in [2.05, 4.69) is 4.98 Å². The summed E-state index contributed by atoms with van der Waals surface area (Å²) in [6.45, 7) is 1.84. The number of aromatic nitrogens is 1. The zero-order valence-corrected chi connectivity index (χ0v) is 10.7. The van der Waals surface area contributed by atoms with Crippen LogP contribution in [0.2, 0.25) is 0 Å². The average Bonchev–Trinajstić information content (AvgIpc) is 2.59. The molecule has 0 amide bonds. The molecular formula is C11H10F2N2S2. The summed E-state index contributed by atoms with van der Waals surface area (Å²) in [5, 5.41) is 0.490. The number of thioether (sulfide) groups is 1. The van der Waals surface area contributed by atoms with E-state index in [1.54, 1.807) is 0 Å². The first-order valence-corrected chi connectivity index (χ1v) is 6.66. The third-order valence-corrected chi connectivity index (χ3v) is 4.53. The molecule has 0 unspecified atom stereocenters. The minimum Gasteiger partial charge on any atom is -0.375 e. The second kappa shape index (κ2) is 5.01. The summed E-state index contributed by atoms with van der Waals surface area (Å²) in [7, 11) is 0. The van der Waals surface area contributed by atoms with Gasteiger partial charge in [-0.2, -0.15) is 0 Å². The molecule has 2 nitrogen and oxygen atoms in total. The first kappa shape index (κ1) is 12.3. The zero-order chi connectivity index (χ0) is 12.4. The maximum Gasteiger partial charge on any atom is 0.181 e. The van der Waals surface area contributed by atoms with Gasteiger partial charge >= 0.3 is 0 Å². The van der Waals surface area contributed by atoms with E-state index < -0.39 is 11.6 Å². The minimum absolute atomic E-state index is 0.348. The largest absolute Gasteiger partial charge is 0.375 e. The van der Waals surface area contributed by atoms with Gasteiger partial charge in [0, 0.05) is 11.3 Å². The Hall–Kier alpha value is -1.14. The number of halogens is 2. The molecule has 2 N–H and O–H groups in total. The van der Waals surface area contributed by atoms with Crippen LogP contribution in [0, 0.1) is 18.6 Å². The lowest BCUT2D eigenvalue weighted by atomic mass is 10.2. The molecule has 0 saturated heterocycles. The molecule has 0 bridgehead atoms. The number of benzene rings is 1. The standard InChI is InChI=1S/C11H10F2N2S2/c1-6-10(17-11(14)15-6)16-5-7-4-8(12)2-3-9(7)13/h2-4H,5H2,1H3,(H2,14,15). The van der Waals surface area contributed by atoms with Crippen molar-refractivity contribution in [2.75, 3.05) is 5.73 Å². The van der Waals surface area contributed by atoms with Crippen LogP contribution in [-0.4, -0.2) is 4.98 Å². The van der Waals surface area contributed by atoms with Crippen molar-refractivity contribution < 1.29 is 8.78 Å². The number of hydrogen-bond donors (Lipinski definition) is 1. The van der Waals surface area contributed by atoms with Crippen molar-refractivity contribution in [2.24, 2.45) is 0 Å². The number of anilines is 1. The van der Waals surface area contributed by atoms with Gasteiger partial charge in [0.2, 0.25) is 0 Å². The van der Waals surface area contributed by atoms with Crippen LogP contribution in [0.4, 0.5) is 13.9 Å². The van der Waals surface area contributed by atoms with E-state index in [9.17, 15) is 8.78 Å². The van der Waals surface area contributed by atoms with Crippen LogP contribution < -0.4 is 5.73 Å². The predicted molar refractivity (Wildman–Crippen MR) is 67.2 cm³/mol. The van der Waals surface area contributed by atoms with Gasteiger partial charge in [-0.05, 0) is 25.1 Å². The summed E-state index contributed by atoms with van der Waals surface area (Å²) in [6, 6.07) is 3.46. The van der Waals surface area contributed by atoms with Gasteiger partial charge in [-0.15, -0.1) is 11.8 Å². The summed E-state index contributed by atoms with van der Waals surface area (Å²) in [4.78, 5) is 4.07. The Morgan fingerprint density at radius 2 is 2.18 bits per heavy atom. The smallest absolute Gasteiger partial charge is 0.181 e. The van der Waals surface area contributed by atoms with E-state index in [1.165, 1.54) is 29.2 Å². The summed E-state index contributed by atoms with van der Waals surface area (Å²) in [6.07, 6.45) is 0. The fourth-order valence-electron chi connectivity index (χ4n) is 1.33. The molecule has 0 fully saturated rings. The van der Waals surface area contributed by atoms with Crippen LogP contribution in [0.5, 0.6) is 0 Å². The number of nitrogens with two attached hydrogens (primary N) is 1. The number of nitrogen functional groups attached to an aromatic ring is 1. The van der Waals surface area contributed by atoms with Crippen LogP contribution in [0.3, 0.4) is 0 Å². The molecule has 1 aromatic heterocycles. The SMILES string of the molecule is Cc1nc(N)sc1SCc1cc(F)ccc1F. The van der Waals surface area contributed by atoms with Crippen LogP contribution in [0.25, 0.3) is 0 Å². The van der Waals surface area contributed by atoms with Crippen LogP contribution in [0.1, 0.15) is 11.3 Å². The van der Waals surface area contributed by atoms with Gasteiger partial charge in [0.1, 0.15) is 11.6 Å². The third-order valence-electron chi connectivity index (χ3n) is 2.14. The van der Waals surface area contributed by atoms with Crippen molar-refractivity contribution in [2.45, 2.75) is 16.9 Å².